The van der Waals surface area contributed by atoms with Gasteiger partial charge in [0.1, 0.15) is 0 Å². The Morgan fingerprint density at radius 1 is 1.44 bits per heavy atom. The predicted octanol–water partition coefficient (Wildman–Crippen LogP) is 2.04. The van der Waals surface area contributed by atoms with E-state index in [0.29, 0.717) is 24.8 Å². The lowest BCUT2D eigenvalue weighted by atomic mass is 10.1. The van der Waals surface area contributed by atoms with E-state index in [9.17, 15) is 4.79 Å². The molecule has 4 heteroatoms. The minimum atomic E-state index is -0.897. The fourth-order valence-electron chi connectivity index (χ4n) is 2.18. The maximum Gasteiger partial charge on any atom is 0.335 e. The highest BCUT2D eigenvalue weighted by Crippen LogP contribution is 2.10. The van der Waals surface area contributed by atoms with Gasteiger partial charge in [-0.25, -0.2) is 4.79 Å². The summed E-state index contributed by atoms with van der Waals surface area (Å²) in [5.74, 6) is -0.897. The molecule has 1 aromatic rings. The molecule has 4 nitrogen and oxygen atoms in total. The summed E-state index contributed by atoms with van der Waals surface area (Å²) in [7, 11) is 0. The van der Waals surface area contributed by atoms with Crippen molar-refractivity contribution in [3.63, 3.8) is 0 Å². The quantitative estimate of drug-likeness (QED) is 0.838. The molecule has 0 amide bonds. The van der Waals surface area contributed by atoms with E-state index in [4.69, 9.17) is 9.84 Å². The summed E-state index contributed by atoms with van der Waals surface area (Å²) in [6.07, 6.45) is 3.67. The van der Waals surface area contributed by atoms with Crippen LogP contribution < -0.4 is 5.32 Å². The monoisotopic (exact) mass is 249 g/mol. The molecular weight excluding hydrogens is 230 g/mol. The molecule has 2 rings (SSSR count). The van der Waals surface area contributed by atoms with E-state index in [-0.39, 0.29) is 0 Å². The number of carbonyl (C=O) groups is 1. The van der Waals surface area contributed by atoms with Crippen LogP contribution in [0.3, 0.4) is 0 Å². The van der Waals surface area contributed by atoms with Gasteiger partial charge in [0.2, 0.25) is 0 Å². The van der Waals surface area contributed by atoms with Crippen molar-refractivity contribution in [2.75, 3.05) is 13.2 Å². The number of aromatic carboxylic acids is 1. The van der Waals surface area contributed by atoms with E-state index in [1.54, 1.807) is 18.2 Å². The topological polar surface area (TPSA) is 58.6 Å². The third kappa shape index (κ3) is 3.82. The molecule has 1 aromatic carbocycles. The number of hydrogen-bond acceptors (Lipinski definition) is 3. The molecule has 0 bridgehead atoms. The predicted molar refractivity (Wildman–Crippen MR) is 68.7 cm³/mol. The number of piperidine rings is 1. The molecule has 1 atom stereocenters. The van der Waals surface area contributed by atoms with E-state index < -0.39 is 5.97 Å². The van der Waals surface area contributed by atoms with Gasteiger partial charge in [0.15, 0.2) is 0 Å². The van der Waals surface area contributed by atoms with Gasteiger partial charge < -0.3 is 15.2 Å². The second-order valence-electron chi connectivity index (χ2n) is 4.67. The van der Waals surface area contributed by atoms with Crippen LogP contribution >= 0.6 is 0 Å². The first-order valence-electron chi connectivity index (χ1n) is 6.39. The first-order valence-corrected chi connectivity index (χ1v) is 6.39. The zero-order chi connectivity index (χ0) is 12.8. The second-order valence-corrected chi connectivity index (χ2v) is 4.67. The van der Waals surface area contributed by atoms with E-state index >= 15 is 0 Å². The van der Waals surface area contributed by atoms with Crippen LogP contribution in [0, 0.1) is 0 Å². The Balaban J connectivity index is 1.78. The summed E-state index contributed by atoms with van der Waals surface area (Å²) >= 11 is 0. The Morgan fingerprint density at radius 3 is 3.06 bits per heavy atom. The summed E-state index contributed by atoms with van der Waals surface area (Å²) < 4.78 is 5.64. The van der Waals surface area contributed by atoms with Crippen LogP contribution in [0.5, 0.6) is 0 Å². The third-order valence-electron chi connectivity index (χ3n) is 3.17. The molecule has 1 saturated heterocycles. The summed E-state index contributed by atoms with van der Waals surface area (Å²) in [4.78, 5) is 10.8. The lowest BCUT2D eigenvalue weighted by Crippen LogP contribution is -2.37. The van der Waals surface area contributed by atoms with E-state index in [1.165, 1.54) is 12.8 Å². The van der Waals surface area contributed by atoms with Crippen molar-refractivity contribution >= 4 is 5.97 Å². The zero-order valence-corrected chi connectivity index (χ0v) is 10.4. The summed E-state index contributed by atoms with van der Waals surface area (Å²) in [5.41, 5.74) is 1.22. The minimum Gasteiger partial charge on any atom is -0.478 e. The molecule has 98 valence electrons. The molecule has 1 aliphatic rings. The fourth-order valence-corrected chi connectivity index (χ4v) is 2.18. The smallest absolute Gasteiger partial charge is 0.335 e. The SMILES string of the molecule is O=C(O)c1cccc(COCC2CCCCN2)c1. The number of hydrogen-bond donors (Lipinski definition) is 2. The fraction of sp³-hybridized carbons (Fsp3) is 0.500. The van der Waals surface area contributed by atoms with Gasteiger partial charge in [-0.15, -0.1) is 0 Å². The van der Waals surface area contributed by atoms with Crippen LogP contribution in [-0.4, -0.2) is 30.3 Å². The Bertz CT molecular complexity index is 400. The van der Waals surface area contributed by atoms with Crippen LogP contribution in [0.1, 0.15) is 35.2 Å². The highest BCUT2D eigenvalue weighted by molar-refractivity contribution is 5.87. The molecule has 1 unspecified atom stereocenters. The summed E-state index contributed by atoms with van der Waals surface area (Å²) in [6, 6.07) is 7.34. The second kappa shape index (κ2) is 6.52. The average molecular weight is 249 g/mol. The minimum absolute atomic E-state index is 0.312. The molecule has 0 radical (unpaired) electrons. The Kier molecular flexibility index (Phi) is 4.73. The van der Waals surface area contributed by atoms with Crippen molar-refractivity contribution in [3.05, 3.63) is 35.4 Å². The van der Waals surface area contributed by atoms with Gasteiger partial charge in [-0.1, -0.05) is 18.6 Å². The average Bonchev–Trinajstić information content (AvgIpc) is 2.40. The lowest BCUT2D eigenvalue weighted by molar-refractivity contribution is 0.0695. The van der Waals surface area contributed by atoms with Crippen molar-refractivity contribution in [3.8, 4) is 0 Å². The van der Waals surface area contributed by atoms with Crippen molar-refractivity contribution in [2.45, 2.75) is 31.9 Å². The molecule has 1 heterocycles. The highest BCUT2D eigenvalue weighted by Gasteiger charge is 2.12. The van der Waals surface area contributed by atoms with Crippen LogP contribution in [0.15, 0.2) is 24.3 Å². The molecule has 0 aromatic heterocycles. The van der Waals surface area contributed by atoms with Gasteiger partial charge in [0, 0.05) is 6.04 Å². The lowest BCUT2D eigenvalue weighted by Gasteiger charge is -2.23. The van der Waals surface area contributed by atoms with Crippen LogP contribution in [0.2, 0.25) is 0 Å². The van der Waals surface area contributed by atoms with Gasteiger partial charge >= 0.3 is 5.97 Å². The Hall–Kier alpha value is -1.39. The van der Waals surface area contributed by atoms with Gasteiger partial charge in [-0.05, 0) is 37.1 Å². The summed E-state index contributed by atoms with van der Waals surface area (Å²) in [5, 5.41) is 12.3. The molecule has 18 heavy (non-hydrogen) atoms. The number of nitrogens with one attached hydrogen (secondary N) is 1. The Morgan fingerprint density at radius 2 is 2.33 bits per heavy atom. The first-order chi connectivity index (χ1) is 8.75. The van der Waals surface area contributed by atoms with Gasteiger partial charge in [0.25, 0.3) is 0 Å². The standard InChI is InChI=1S/C14H19NO3/c16-14(17)12-5-3-4-11(8-12)9-18-10-13-6-1-2-7-15-13/h3-5,8,13,15H,1-2,6-7,9-10H2,(H,16,17). The van der Waals surface area contributed by atoms with Crippen molar-refractivity contribution in [1.82, 2.24) is 5.32 Å². The highest BCUT2D eigenvalue weighted by atomic mass is 16.5. The van der Waals surface area contributed by atoms with Gasteiger partial charge in [-0.3, -0.25) is 0 Å². The van der Waals surface area contributed by atoms with Crippen molar-refractivity contribution in [1.29, 1.82) is 0 Å². The third-order valence-corrected chi connectivity index (χ3v) is 3.17. The van der Waals surface area contributed by atoms with E-state index in [0.717, 1.165) is 18.5 Å². The molecule has 1 aliphatic heterocycles. The maximum absolute atomic E-state index is 10.8. The normalized spacial score (nSPS) is 19.7. The van der Waals surface area contributed by atoms with Gasteiger partial charge in [-0.2, -0.15) is 0 Å². The van der Waals surface area contributed by atoms with Gasteiger partial charge in [0.05, 0.1) is 18.8 Å². The first kappa shape index (κ1) is 13.1. The van der Waals surface area contributed by atoms with Crippen LogP contribution in [-0.2, 0) is 11.3 Å². The number of ether oxygens (including phenoxy) is 1. The Labute approximate surface area is 107 Å². The van der Waals surface area contributed by atoms with Crippen molar-refractivity contribution in [2.24, 2.45) is 0 Å². The van der Waals surface area contributed by atoms with E-state index in [2.05, 4.69) is 5.32 Å². The number of rotatable bonds is 5. The molecule has 1 fully saturated rings. The maximum atomic E-state index is 10.8. The van der Waals surface area contributed by atoms with Crippen molar-refractivity contribution < 1.29 is 14.6 Å². The number of carboxylic acids is 1. The number of carboxylic acid groups (broad SMARTS) is 1. The molecule has 0 spiro atoms. The molecule has 0 aliphatic carbocycles. The summed E-state index contributed by atoms with van der Waals surface area (Å²) in [6.45, 7) is 2.24. The zero-order valence-electron chi connectivity index (χ0n) is 10.4. The molecule has 0 saturated carbocycles. The van der Waals surface area contributed by atoms with Crippen LogP contribution in [0.4, 0.5) is 0 Å². The molecule has 2 N–H and O–H groups in total. The van der Waals surface area contributed by atoms with E-state index in [1.807, 2.05) is 6.07 Å². The van der Waals surface area contributed by atoms with Crippen LogP contribution in [0.25, 0.3) is 0 Å². The number of benzene rings is 1. The largest absolute Gasteiger partial charge is 0.478 e. The molecular formula is C14H19NO3.